The Labute approximate surface area is 136 Å². The molecule has 0 amide bonds. The van der Waals surface area contributed by atoms with Crippen molar-refractivity contribution in [3.8, 4) is 0 Å². The van der Waals surface area contributed by atoms with Gasteiger partial charge in [-0.1, -0.05) is 60.7 Å². The number of halogens is 1. The fourth-order valence-corrected chi connectivity index (χ4v) is 2.23. The van der Waals surface area contributed by atoms with E-state index >= 15 is 0 Å². The highest BCUT2D eigenvalue weighted by Gasteiger charge is 2.38. The summed E-state index contributed by atoms with van der Waals surface area (Å²) in [5.74, 6) is -2.05. The maximum Gasteiger partial charge on any atom is 0.109 e. The van der Waals surface area contributed by atoms with Crippen LogP contribution in [0.25, 0.3) is 0 Å². The predicted molar refractivity (Wildman–Crippen MR) is 84.9 cm³/mol. The van der Waals surface area contributed by atoms with Gasteiger partial charge in [-0.2, -0.15) is 0 Å². The van der Waals surface area contributed by atoms with Crippen molar-refractivity contribution in [3.63, 3.8) is 0 Å². The van der Waals surface area contributed by atoms with Gasteiger partial charge in [0.05, 0.1) is 0 Å². The summed E-state index contributed by atoms with van der Waals surface area (Å²) in [5, 5.41) is 12.0. The van der Waals surface area contributed by atoms with Crippen LogP contribution in [-0.2, 0) is 11.3 Å². The number of carbonyl (C=O) groups excluding carboxylic acids is 1. The number of carboxylic acid groups (broad SMARTS) is 1. The summed E-state index contributed by atoms with van der Waals surface area (Å²) < 4.78 is 11.6. The van der Waals surface area contributed by atoms with Crippen LogP contribution < -0.4 is 10.4 Å². The van der Waals surface area contributed by atoms with E-state index in [1.807, 2.05) is 0 Å². The van der Waals surface area contributed by atoms with Crippen LogP contribution in [0.15, 0.2) is 60.7 Å². The molecule has 1 saturated carbocycles. The topological polar surface area (TPSA) is 56.7 Å². The lowest BCUT2D eigenvalue weighted by molar-refractivity contribution is -0.707. The highest BCUT2D eigenvalue weighted by Crippen LogP contribution is 2.32. The summed E-state index contributed by atoms with van der Waals surface area (Å²) >= 11 is 0. The minimum absolute atomic E-state index is 0.155. The summed E-state index contributed by atoms with van der Waals surface area (Å²) in [6.45, 7) is 3.29. The van der Waals surface area contributed by atoms with E-state index in [9.17, 15) is 14.3 Å². The molecule has 0 aromatic heterocycles. The van der Waals surface area contributed by atoms with Crippen molar-refractivity contribution in [2.45, 2.75) is 32.1 Å². The number of carboxylic acids is 1. The van der Waals surface area contributed by atoms with Gasteiger partial charge in [0.2, 0.25) is 0 Å². The Morgan fingerprint density at radius 2 is 1.70 bits per heavy atom. The number of benzene rings is 2. The van der Waals surface area contributed by atoms with Crippen molar-refractivity contribution < 1.29 is 19.6 Å². The van der Waals surface area contributed by atoms with E-state index in [-0.39, 0.29) is 6.42 Å². The van der Waals surface area contributed by atoms with Crippen molar-refractivity contribution in [1.82, 2.24) is 0 Å². The molecule has 0 radical (unpaired) electrons. The summed E-state index contributed by atoms with van der Waals surface area (Å²) in [6, 6.07) is 21.7. The molecule has 2 aromatic carbocycles. The average molecular weight is 315 g/mol. The Bertz CT molecular complexity index is 603. The lowest BCUT2D eigenvalue weighted by Crippen LogP contribution is -2.83. The van der Waals surface area contributed by atoms with Crippen molar-refractivity contribution >= 4 is 5.97 Å². The number of aliphatic carboxylic acids is 1. The average Bonchev–Trinajstić information content (AvgIpc) is 3.32. The first kappa shape index (κ1) is 17.2. The molecule has 1 fully saturated rings. The Morgan fingerprint density at radius 1 is 1.17 bits per heavy atom. The summed E-state index contributed by atoms with van der Waals surface area (Å²) in [5.41, 5.74) is 2.77. The molecule has 0 unspecified atom stereocenters. The number of alkyl halides is 1. The molecular formula is C19H22FNO2. The predicted octanol–water partition coefficient (Wildman–Crippen LogP) is 1.61. The van der Waals surface area contributed by atoms with E-state index in [2.05, 4.69) is 72.9 Å². The van der Waals surface area contributed by atoms with Gasteiger partial charge in [0.15, 0.2) is 0 Å². The normalized spacial score (nSPS) is 20.1. The number of hydrogen-bond acceptors (Lipinski definition) is 2. The van der Waals surface area contributed by atoms with E-state index < -0.39 is 18.1 Å². The maximum absolute atomic E-state index is 11.6. The Kier molecular flexibility index (Phi) is 6.29. The molecule has 0 aliphatic heterocycles. The number of carbonyl (C=O) groups is 1. The third-order valence-corrected chi connectivity index (χ3v) is 3.89. The van der Waals surface area contributed by atoms with Crippen molar-refractivity contribution in [2.24, 2.45) is 5.92 Å². The molecule has 1 aliphatic carbocycles. The van der Waals surface area contributed by atoms with Crippen LogP contribution in [-0.4, -0.2) is 12.1 Å². The lowest BCUT2D eigenvalue weighted by atomic mass is 10.1. The number of rotatable bonds is 5. The van der Waals surface area contributed by atoms with E-state index in [0.29, 0.717) is 6.04 Å². The summed E-state index contributed by atoms with van der Waals surface area (Å²) in [7, 11) is 0. The molecule has 23 heavy (non-hydrogen) atoms. The standard InChI is InChI=1S/C15H17N.C4H5FO2/c1-13(15-10-6-3-7-11-15)16-12-14-8-4-2-5-9-14;5-3-1-2(3)4(6)7/h2-11,13,16H,12H2,1H3;2-3H,1H2,(H,6,7)/t13-;2-,3+/m11/s1. The molecule has 3 atom stereocenters. The highest BCUT2D eigenvalue weighted by atomic mass is 19.1. The van der Waals surface area contributed by atoms with E-state index in [1.54, 1.807) is 0 Å². The fraction of sp³-hybridized carbons (Fsp3) is 0.316. The molecule has 0 heterocycles. The molecule has 1 aliphatic rings. The van der Waals surface area contributed by atoms with E-state index in [4.69, 9.17) is 0 Å². The molecule has 2 N–H and O–H groups in total. The molecule has 3 rings (SSSR count). The third kappa shape index (κ3) is 5.83. The first-order chi connectivity index (χ1) is 11.1. The molecule has 2 aromatic rings. The molecule has 3 nitrogen and oxygen atoms in total. The molecule has 0 spiro atoms. The molecular weight excluding hydrogens is 293 g/mol. The third-order valence-electron chi connectivity index (χ3n) is 3.89. The van der Waals surface area contributed by atoms with Crippen LogP contribution in [0.3, 0.4) is 0 Å². The van der Waals surface area contributed by atoms with Crippen LogP contribution in [0.2, 0.25) is 0 Å². The van der Waals surface area contributed by atoms with Gasteiger partial charge in [-0.15, -0.1) is 0 Å². The van der Waals surface area contributed by atoms with Crippen LogP contribution in [0.4, 0.5) is 4.39 Å². The SMILES string of the molecule is C[C@@H]([NH2+]Cc1ccccc1)c1ccccc1.O=C([O-])[C@@H]1C[C@@H]1F. The summed E-state index contributed by atoms with van der Waals surface area (Å²) in [6.07, 6.45) is -0.965. The molecule has 0 bridgehead atoms. The second-order valence-electron chi connectivity index (χ2n) is 5.80. The number of quaternary nitrogens is 1. The second-order valence-corrected chi connectivity index (χ2v) is 5.80. The van der Waals surface area contributed by atoms with Gasteiger partial charge >= 0.3 is 0 Å². The smallest absolute Gasteiger partial charge is 0.109 e. The van der Waals surface area contributed by atoms with E-state index in [1.165, 1.54) is 11.1 Å². The number of hydrogen-bond donors (Lipinski definition) is 1. The van der Waals surface area contributed by atoms with Crippen LogP contribution >= 0.6 is 0 Å². The largest absolute Gasteiger partial charge is 0.550 e. The maximum atomic E-state index is 11.6. The Hall–Kier alpha value is -2.20. The summed E-state index contributed by atoms with van der Waals surface area (Å²) in [4.78, 5) is 9.62. The molecule has 122 valence electrons. The zero-order valence-corrected chi connectivity index (χ0v) is 13.2. The first-order valence-electron chi connectivity index (χ1n) is 7.85. The molecule has 4 heteroatoms. The van der Waals surface area contributed by atoms with Crippen LogP contribution in [0.5, 0.6) is 0 Å². The Morgan fingerprint density at radius 3 is 2.13 bits per heavy atom. The van der Waals surface area contributed by atoms with Gasteiger partial charge in [-0.25, -0.2) is 4.39 Å². The molecule has 0 saturated heterocycles. The first-order valence-corrected chi connectivity index (χ1v) is 7.85. The Balaban J connectivity index is 0.000000229. The van der Waals surface area contributed by atoms with Gasteiger partial charge < -0.3 is 15.2 Å². The van der Waals surface area contributed by atoms with E-state index in [0.717, 1.165) is 6.54 Å². The monoisotopic (exact) mass is 315 g/mol. The fourth-order valence-electron chi connectivity index (χ4n) is 2.23. The van der Waals surface area contributed by atoms with Gasteiger partial charge in [-0.05, 0) is 13.3 Å². The van der Waals surface area contributed by atoms with Crippen LogP contribution in [0, 0.1) is 5.92 Å². The van der Waals surface area contributed by atoms with Gasteiger partial charge in [0, 0.05) is 23.0 Å². The zero-order chi connectivity index (χ0) is 16.7. The minimum atomic E-state index is -1.26. The number of nitrogens with two attached hydrogens (primary N) is 1. The van der Waals surface area contributed by atoms with Gasteiger partial charge in [0.25, 0.3) is 0 Å². The highest BCUT2D eigenvalue weighted by molar-refractivity contribution is 5.71. The quantitative estimate of drug-likeness (QED) is 0.911. The zero-order valence-electron chi connectivity index (χ0n) is 13.2. The van der Waals surface area contributed by atoms with Gasteiger partial charge in [0.1, 0.15) is 18.8 Å². The van der Waals surface area contributed by atoms with Crippen molar-refractivity contribution in [2.75, 3.05) is 0 Å². The van der Waals surface area contributed by atoms with Crippen LogP contribution in [0.1, 0.15) is 30.5 Å². The van der Waals surface area contributed by atoms with Crippen molar-refractivity contribution in [1.29, 1.82) is 0 Å². The second kappa shape index (κ2) is 8.44. The van der Waals surface area contributed by atoms with Gasteiger partial charge in [-0.3, -0.25) is 0 Å². The lowest BCUT2D eigenvalue weighted by Gasteiger charge is -2.10. The minimum Gasteiger partial charge on any atom is -0.550 e. The van der Waals surface area contributed by atoms with Crippen molar-refractivity contribution in [3.05, 3.63) is 71.8 Å².